The minimum absolute atomic E-state index is 0.00622. The number of hydrogen-bond donors (Lipinski definition) is 1. The lowest BCUT2D eigenvalue weighted by Gasteiger charge is -2.18. The van der Waals surface area contributed by atoms with Crippen LogP contribution in [0.5, 0.6) is 0 Å². The number of alkyl halides is 3. The fraction of sp³-hybridized carbons (Fsp3) is 0.240. The number of carbonyl (C=O) groups is 1. The second kappa shape index (κ2) is 9.06. The predicted molar refractivity (Wildman–Crippen MR) is 128 cm³/mol. The smallest absolute Gasteiger partial charge is 0.324 e. The number of thiophene rings is 1. The van der Waals surface area contributed by atoms with Gasteiger partial charge in [-0.1, -0.05) is 31.2 Å². The highest BCUT2D eigenvalue weighted by Gasteiger charge is 2.31. The number of carbonyl (C=O) groups excluding carboxylic acids is 1. The summed E-state index contributed by atoms with van der Waals surface area (Å²) in [7, 11) is 0. The van der Waals surface area contributed by atoms with E-state index in [1.807, 2.05) is 37.4 Å². The highest BCUT2D eigenvalue weighted by Crippen LogP contribution is 2.33. The number of amides is 1. The van der Waals surface area contributed by atoms with Crippen LogP contribution in [0.2, 0.25) is 0 Å². The minimum Gasteiger partial charge on any atom is -0.324 e. The van der Waals surface area contributed by atoms with Gasteiger partial charge in [0.05, 0.1) is 17.3 Å². The molecule has 4 rings (SSSR count). The summed E-state index contributed by atoms with van der Waals surface area (Å²) >= 11 is 1.34. The summed E-state index contributed by atoms with van der Waals surface area (Å²) in [6.07, 6.45) is -2.95. The van der Waals surface area contributed by atoms with E-state index in [1.165, 1.54) is 34.4 Å². The Labute approximate surface area is 197 Å². The Kier molecular flexibility index (Phi) is 6.31. The number of aryl methyl sites for hydroxylation is 2. The Morgan fingerprint density at radius 1 is 1.15 bits per heavy atom. The maximum atomic E-state index is 13.5. The molecule has 0 saturated heterocycles. The van der Waals surface area contributed by atoms with Crippen LogP contribution in [0.1, 0.15) is 36.1 Å². The maximum absolute atomic E-state index is 13.5. The first-order chi connectivity index (χ1) is 16.1. The Bertz CT molecular complexity index is 1440. The van der Waals surface area contributed by atoms with Crippen LogP contribution >= 0.6 is 11.3 Å². The Balaban J connectivity index is 1.72. The van der Waals surface area contributed by atoms with Gasteiger partial charge in [-0.05, 0) is 55.2 Å². The average Bonchev–Trinajstić information content (AvgIpc) is 3.22. The van der Waals surface area contributed by atoms with Crippen molar-refractivity contribution in [3.8, 4) is 11.1 Å². The predicted octanol–water partition coefficient (Wildman–Crippen LogP) is 6.35. The highest BCUT2D eigenvalue weighted by atomic mass is 32.1. The van der Waals surface area contributed by atoms with Crippen molar-refractivity contribution in [1.29, 1.82) is 0 Å². The molecule has 0 fully saturated rings. The second-order valence-corrected chi connectivity index (χ2v) is 8.94. The van der Waals surface area contributed by atoms with E-state index in [0.29, 0.717) is 10.2 Å². The first kappa shape index (κ1) is 23.7. The lowest BCUT2D eigenvalue weighted by atomic mass is 10.0. The molecule has 0 aliphatic rings. The topological polar surface area (TPSA) is 64.0 Å². The fourth-order valence-corrected chi connectivity index (χ4v) is 4.70. The number of hydrogen-bond acceptors (Lipinski definition) is 4. The van der Waals surface area contributed by atoms with Crippen molar-refractivity contribution in [2.45, 2.75) is 39.4 Å². The molecule has 1 N–H and O–H groups in total. The molecule has 0 aliphatic heterocycles. The van der Waals surface area contributed by atoms with Crippen molar-refractivity contribution in [2.75, 3.05) is 5.32 Å². The number of aromatic nitrogens is 2. The second-order valence-electron chi connectivity index (χ2n) is 8.08. The molecule has 1 unspecified atom stereocenters. The zero-order valence-corrected chi connectivity index (χ0v) is 19.6. The third-order valence-corrected chi connectivity index (χ3v) is 6.71. The van der Waals surface area contributed by atoms with Gasteiger partial charge >= 0.3 is 6.18 Å². The van der Waals surface area contributed by atoms with Crippen molar-refractivity contribution in [1.82, 2.24) is 9.55 Å². The number of benzene rings is 2. The summed E-state index contributed by atoms with van der Waals surface area (Å²) in [4.78, 5) is 31.4. The maximum Gasteiger partial charge on any atom is 0.416 e. The van der Waals surface area contributed by atoms with Gasteiger partial charge in [0.25, 0.3) is 5.56 Å². The lowest BCUT2D eigenvalue weighted by Crippen LogP contribution is -2.33. The molecule has 2 heterocycles. The molecule has 0 radical (unpaired) electrons. The number of nitrogens with zero attached hydrogens (tertiary/aromatic N) is 2. The molecule has 2 aromatic carbocycles. The van der Waals surface area contributed by atoms with Crippen molar-refractivity contribution in [2.24, 2.45) is 0 Å². The van der Waals surface area contributed by atoms with Crippen LogP contribution in [-0.4, -0.2) is 15.5 Å². The average molecular weight is 486 g/mol. The molecule has 2 aromatic heterocycles. The number of rotatable bonds is 5. The van der Waals surface area contributed by atoms with Gasteiger partial charge in [0, 0.05) is 16.6 Å². The van der Waals surface area contributed by atoms with Crippen LogP contribution in [0.4, 0.5) is 18.9 Å². The molecule has 0 saturated carbocycles. The van der Waals surface area contributed by atoms with Crippen molar-refractivity contribution >= 4 is 33.1 Å². The zero-order valence-electron chi connectivity index (χ0n) is 18.7. The molecule has 5 nitrogen and oxygen atoms in total. The summed E-state index contributed by atoms with van der Waals surface area (Å²) in [5.74, 6) is -0.590. The Morgan fingerprint density at radius 3 is 2.59 bits per heavy atom. The van der Waals surface area contributed by atoms with Crippen LogP contribution < -0.4 is 10.9 Å². The fourth-order valence-electron chi connectivity index (χ4n) is 3.80. The van der Waals surface area contributed by atoms with E-state index >= 15 is 0 Å². The summed E-state index contributed by atoms with van der Waals surface area (Å²) in [6, 6.07) is 9.39. The molecular weight excluding hydrogens is 463 g/mol. The van der Waals surface area contributed by atoms with Crippen LogP contribution in [0.3, 0.4) is 0 Å². The molecular formula is C25H22F3N3O2S. The van der Waals surface area contributed by atoms with Crippen LogP contribution in [-0.2, 0) is 11.0 Å². The van der Waals surface area contributed by atoms with Crippen LogP contribution in [0, 0.1) is 13.8 Å². The molecule has 0 spiro atoms. The van der Waals surface area contributed by atoms with Crippen molar-refractivity contribution in [3.63, 3.8) is 0 Å². The molecule has 0 bridgehead atoms. The molecule has 176 valence electrons. The quantitative estimate of drug-likeness (QED) is 0.358. The first-order valence-electron chi connectivity index (χ1n) is 10.6. The SMILES string of the molecule is CCC(C(=O)Nc1cccc(C(F)(F)F)c1)n1cnc2scc(-c3ccc(C)c(C)c3)c2c1=O. The third kappa shape index (κ3) is 4.48. The van der Waals surface area contributed by atoms with Gasteiger partial charge in [-0.3, -0.25) is 14.2 Å². The minimum atomic E-state index is -4.53. The molecule has 4 aromatic rings. The largest absolute Gasteiger partial charge is 0.416 e. The number of fused-ring (bicyclic) bond motifs is 1. The van der Waals surface area contributed by atoms with Gasteiger partial charge in [-0.2, -0.15) is 13.2 Å². The van der Waals surface area contributed by atoms with E-state index in [4.69, 9.17) is 0 Å². The lowest BCUT2D eigenvalue weighted by molar-refractivity contribution is -0.137. The van der Waals surface area contributed by atoms with Gasteiger partial charge in [-0.15, -0.1) is 11.3 Å². The summed E-state index contributed by atoms with van der Waals surface area (Å²) < 4.78 is 40.3. The summed E-state index contributed by atoms with van der Waals surface area (Å²) in [5, 5.41) is 4.80. The molecule has 0 aliphatic carbocycles. The monoisotopic (exact) mass is 485 g/mol. The standard InChI is InChI=1S/C25H22F3N3O2S/c1-4-20(22(32)30-18-7-5-6-17(11-18)25(26,27)28)31-13-29-23-21(24(31)33)19(12-34-23)16-9-8-14(2)15(3)10-16/h5-13,20H,4H2,1-3H3,(H,30,32). The van der Waals surface area contributed by atoms with E-state index in [0.717, 1.165) is 34.4 Å². The van der Waals surface area contributed by atoms with E-state index in [2.05, 4.69) is 10.3 Å². The van der Waals surface area contributed by atoms with Crippen LogP contribution in [0.25, 0.3) is 21.3 Å². The van der Waals surface area contributed by atoms with Crippen molar-refractivity contribution < 1.29 is 18.0 Å². The summed E-state index contributed by atoms with van der Waals surface area (Å²) in [6.45, 7) is 5.73. The first-order valence-corrected chi connectivity index (χ1v) is 11.5. The molecule has 34 heavy (non-hydrogen) atoms. The van der Waals surface area contributed by atoms with E-state index in [-0.39, 0.29) is 17.7 Å². The van der Waals surface area contributed by atoms with Gasteiger partial charge in [-0.25, -0.2) is 4.98 Å². The number of halogens is 3. The van der Waals surface area contributed by atoms with E-state index < -0.39 is 23.7 Å². The normalized spacial score (nSPS) is 12.6. The van der Waals surface area contributed by atoms with Gasteiger partial charge < -0.3 is 5.32 Å². The Morgan fingerprint density at radius 2 is 1.91 bits per heavy atom. The van der Waals surface area contributed by atoms with Gasteiger partial charge in [0.15, 0.2) is 0 Å². The highest BCUT2D eigenvalue weighted by molar-refractivity contribution is 7.17. The molecule has 9 heteroatoms. The van der Waals surface area contributed by atoms with E-state index in [9.17, 15) is 22.8 Å². The number of anilines is 1. The summed E-state index contributed by atoms with van der Waals surface area (Å²) in [5.41, 5.74) is 2.62. The van der Waals surface area contributed by atoms with E-state index in [1.54, 1.807) is 6.92 Å². The Hall–Kier alpha value is -3.46. The van der Waals surface area contributed by atoms with Gasteiger partial charge in [0.2, 0.25) is 5.91 Å². The van der Waals surface area contributed by atoms with Crippen LogP contribution in [0.15, 0.2) is 59.0 Å². The third-order valence-electron chi connectivity index (χ3n) is 5.82. The zero-order chi connectivity index (χ0) is 24.6. The van der Waals surface area contributed by atoms with Gasteiger partial charge in [0.1, 0.15) is 10.9 Å². The number of nitrogens with one attached hydrogen (secondary N) is 1. The molecule has 1 amide bonds. The molecule has 1 atom stereocenters. The van der Waals surface area contributed by atoms with Crippen molar-refractivity contribution in [3.05, 3.63) is 81.2 Å².